The van der Waals surface area contributed by atoms with Crippen LogP contribution in [0.25, 0.3) is 0 Å². The van der Waals surface area contributed by atoms with Gasteiger partial charge in [0, 0.05) is 0 Å². The van der Waals surface area contributed by atoms with Gasteiger partial charge in [-0.3, -0.25) is 4.79 Å². The number of carbonyl (C=O) groups is 2. The van der Waals surface area contributed by atoms with Gasteiger partial charge < -0.3 is 14.5 Å². The Balaban J connectivity index is 1.98. The molecule has 1 aromatic rings. The molecule has 13 heavy (non-hydrogen) atoms. The first kappa shape index (κ1) is 7.85. The third-order valence-corrected chi connectivity index (χ3v) is 1.69. The van der Waals surface area contributed by atoms with Crippen molar-refractivity contribution in [1.82, 2.24) is 5.32 Å². The van der Waals surface area contributed by atoms with Gasteiger partial charge in [-0.2, -0.15) is 0 Å². The Morgan fingerprint density at radius 2 is 2.31 bits per heavy atom. The van der Waals surface area contributed by atoms with Crippen LogP contribution in [-0.4, -0.2) is 18.1 Å². The van der Waals surface area contributed by atoms with Gasteiger partial charge in [-0.15, -0.1) is 0 Å². The zero-order valence-corrected chi connectivity index (χ0v) is 6.65. The van der Waals surface area contributed by atoms with Crippen molar-refractivity contribution in [3.05, 3.63) is 24.2 Å². The first-order valence-electron chi connectivity index (χ1n) is 3.79. The molecule has 1 unspecified atom stereocenters. The molecule has 5 nitrogen and oxygen atoms in total. The van der Waals surface area contributed by atoms with Gasteiger partial charge >= 0.3 is 11.9 Å². The van der Waals surface area contributed by atoms with Crippen LogP contribution in [0.1, 0.15) is 5.76 Å². The van der Waals surface area contributed by atoms with Crippen molar-refractivity contribution in [3.63, 3.8) is 0 Å². The lowest BCUT2D eigenvalue weighted by molar-refractivity contribution is -0.148. The van der Waals surface area contributed by atoms with Crippen molar-refractivity contribution in [2.75, 3.05) is 0 Å². The van der Waals surface area contributed by atoms with Crippen LogP contribution in [0.4, 0.5) is 0 Å². The summed E-state index contributed by atoms with van der Waals surface area (Å²) in [4.78, 5) is 21.3. The average molecular weight is 181 g/mol. The summed E-state index contributed by atoms with van der Waals surface area (Å²) in [6.07, 6.45) is 1.30. The molecule has 1 aromatic heterocycles. The lowest BCUT2D eigenvalue weighted by Gasteiger charge is -2.05. The van der Waals surface area contributed by atoms with Gasteiger partial charge in [-0.05, 0) is 12.1 Å². The summed E-state index contributed by atoms with van der Waals surface area (Å²) >= 11 is 0. The first-order chi connectivity index (χ1) is 6.25. The quantitative estimate of drug-likeness (QED) is 0.507. The predicted molar refractivity (Wildman–Crippen MR) is 40.4 cm³/mol. The van der Waals surface area contributed by atoms with Gasteiger partial charge in [-0.25, -0.2) is 4.79 Å². The molecule has 0 aliphatic carbocycles. The Morgan fingerprint density at radius 1 is 1.46 bits per heavy atom. The smallest absolute Gasteiger partial charge is 0.398 e. The molecule has 1 N–H and O–H groups in total. The molecule has 1 atom stereocenters. The summed E-state index contributed by atoms with van der Waals surface area (Å²) in [5.74, 6) is -0.867. The fourth-order valence-electron chi connectivity index (χ4n) is 1.12. The fourth-order valence-corrected chi connectivity index (χ4v) is 1.12. The van der Waals surface area contributed by atoms with Gasteiger partial charge in [0.05, 0.1) is 12.7 Å². The van der Waals surface area contributed by atoms with Crippen LogP contribution in [-0.2, 0) is 20.7 Å². The minimum absolute atomic E-state index is 0.366. The zero-order chi connectivity index (χ0) is 9.26. The molecule has 0 spiro atoms. The number of hydrogen-bond donors (Lipinski definition) is 1. The van der Waals surface area contributed by atoms with E-state index in [9.17, 15) is 9.59 Å². The van der Waals surface area contributed by atoms with E-state index in [1.807, 2.05) is 0 Å². The van der Waals surface area contributed by atoms with E-state index in [0.717, 1.165) is 0 Å². The number of ether oxygens (including phenoxy) is 1. The largest absolute Gasteiger partial charge is 0.469 e. The minimum atomic E-state index is -0.837. The molecule has 1 amide bonds. The zero-order valence-electron chi connectivity index (χ0n) is 6.65. The number of amides is 1. The summed E-state index contributed by atoms with van der Waals surface area (Å²) in [5.41, 5.74) is 0. The van der Waals surface area contributed by atoms with Gasteiger partial charge in [0.15, 0.2) is 6.23 Å². The molecule has 2 rings (SSSR count). The van der Waals surface area contributed by atoms with E-state index in [4.69, 9.17) is 4.42 Å². The number of nitrogens with one attached hydrogen (secondary N) is 1. The standard InChI is InChI=1S/C8H7NO4/c10-7-8(11)13-6(9-7)4-5-2-1-3-12-5/h1-3,6H,4H2,(H,9,10). The lowest BCUT2D eigenvalue weighted by Crippen LogP contribution is -2.28. The van der Waals surface area contributed by atoms with Crippen molar-refractivity contribution in [2.45, 2.75) is 12.6 Å². The highest BCUT2D eigenvalue weighted by atomic mass is 16.6. The molecule has 0 aromatic carbocycles. The highest BCUT2D eigenvalue weighted by molar-refractivity contribution is 6.34. The number of carbonyl (C=O) groups excluding carboxylic acids is 2. The number of rotatable bonds is 2. The molecular weight excluding hydrogens is 174 g/mol. The molecule has 1 aliphatic rings. The fraction of sp³-hybridized carbons (Fsp3) is 0.250. The van der Waals surface area contributed by atoms with Gasteiger partial charge in [0.2, 0.25) is 0 Å². The van der Waals surface area contributed by atoms with E-state index in [2.05, 4.69) is 10.1 Å². The number of esters is 1. The van der Waals surface area contributed by atoms with Crippen molar-refractivity contribution < 1.29 is 18.7 Å². The Morgan fingerprint density at radius 3 is 2.85 bits per heavy atom. The molecular formula is C8H7NO4. The molecule has 1 aliphatic heterocycles. The molecule has 1 saturated heterocycles. The third-order valence-electron chi connectivity index (χ3n) is 1.69. The van der Waals surface area contributed by atoms with Crippen LogP contribution < -0.4 is 5.32 Å². The maximum absolute atomic E-state index is 10.7. The van der Waals surface area contributed by atoms with Crippen molar-refractivity contribution in [2.24, 2.45) is 0 Å². The maximum Gasteiger partial charge on any atom is 0.398 e. The van der Waals surface area contributed by atoms with E-state index in [1.165, 1.54) is 6.26 Å². The van der Waals surface area contributed by atoms with Crippen LogP contribution >= 0.6 is 0 Å². The summed E-state index contributed by atoms with van der Waals surface area (Å²) in [6.45, 7) is 0. The molecule has 0 radical (unpaired) electrons. The van der Waals surface area contributed by atoms with Gasteiger partial charge in [-0.1, -0.05) is 0 Å². The van der Waals surface area contributed by atoms with E-state index in [1.54, 1.807) is 12.1 Å². The monoisotopic (exact) mass is 181 g/mol. The lowest BCUT2D eigenvalue weighted by atomic mass is 10.3. The SMILES string of the molecule is O=C1NC(Cc2ccco2)OC1=O. The Hall–Kier alpha value is -1.78. The number of hydrogen-bond acceptors (Lipinski definition) is 4. The summed E-state index contributed by atoms with van der Waals surface area (Å²) in [5, 5.41) is 2.37. The molecule has 0 bridgehead atoms. The van der Waals surface area contributed by atoms with E-state index in [0.29, 0.717) is 12.2 Å². The van der Waals surface area contributed by atoms with Crippen LogP contribution in [0.2, 0.25) is 0 Å². The van der Waals surface area contributed by atoms with Crippen LogP contribution in [0, 0.1) is 0 Å². The van der Waals surface area contributed by atoms with Crippen molar-refractivity contribution in [3.8, 4) is 0 Å². The maximum atomic E-state index is 10.7. The minimum Gasteiger partial charge on any atom is -0.469 e. The average Bonchev–Trinajstić information content (AvgIpc) is 2.64. The third kappa shape index (κ3) is 1.53. The first-order valence-corrected chi connectivity index (χ1v) is 3.79. The molecule has 1 fully saturated rings. The topological polar surface area (TPSA) is 68.5 Å². The summed E-state index contributed by atoms with van der Waals surface area (Å²) in [6, 6.07) is 3.48. The van der Waals surface area contributed by atoms with E-state index < -0.39 is 18.1 Å². The second-order valence-electron chi connectivity index (χ2n) is 2.65. The van der Waals surface area contributed by atoms with Crippen LogP contribution in [0.3, 0.4) is 0 Å². The highest BCUT2D eigenvalue weighted by Crippen LogP contribution is 2.08. The molecule has 2 heterocycles. The molecule has 68 valence electrons. The van der Waals surface area contributed by atoms with Crippen molar-refractivity contribution >= 4 is 11.9 Å². The van der Waals surface area contributed by atoms with Crippen LogP contribution in [0.5, 0.6) is 0 Å². The Kier molecular flexibility index (Phi) is 1.77. The normalized spacial score (nSPS) is 21.4. The second-order valence-corrected chi connectivity index (χ2v) is 2.65. The molecule has 0 saturated carbocycles. The van der Waals surface area contributed by atoms with Gasteiger partial charge in [0.1, 0.15) is 5.76 Å². The number of furan rings is 1. The second kappa shape index (κ2) is 2.93. The highest BCUT2D eigenvalue weighted by Gasteiger charge is 2.31. The summed E-state index contributed by atoms with van der Waals surface area (Å²) < 4.78 is 9.71. The van der Waals surface area contributed by atoms with Gasteiger partial charge in [0.25, 0.3) is 0 Å². The number of cyclic esters (lactones) is 1. The van der Waals surface area contributed by atoms with Crippen LogP contribution in [0.15, 0.2) is 22.8 Å². The Labute approximate surface area is 73.7 Å². The Bertz CT molecular complexity index is 314. The summed E-state index contributed by atoms with van der Waals surface area (Å²) in [7, 11) is 0. The van der Waals surface area contributed by atoms with E-state index >= 15 is 0 Å². The predicted octanol–water partition coefficient (Wildman–Crippen LogP) is -0.179. The van der Waals surface area contributed by atoms with E-state index in [-0.39, 0.29) is 0 Å². The van der Waals surface area contributed by atoms with Crippen molar-refractivity contribution in [1.29, 1.82) is 0 Å². The molecule has 5 heteroatoms.